The number of hydrogen-bond acceptors (Lipinski definition) is 6. The molecule has 1 aromatic heterocycles. The van der Waals surface area contributed by atoms with Crippen molar-refractivity contribution in [1.82, 2.24) is 14.9 Å². The topological polar surface area (TPSA) is 112 Å². The zero-order valence-electron chi connectivity index (χ0n) is 13.4. The Morgan fingerprint density at radius 3 is 3.08 bits per heavy atom. The summed E-state index contributed by atoms with van der Waals surface area (Å²) < 4.78 is 5.30. The zero-order chi connectivity index (χ0) is 16.5. The van der Waals surface area contributed by atoms with Crippen molar-refractivity contribution in [3.8, 4) is 0 Å². The van der Waals surface area contributed by atoms with Gasteiger partial charge in [-0.1, -0.05) is 11.2 Å². The van der Waals surface area contributed by atoms with Crippen LogP contribution in [0.15, 0.2) is 23.4 Å². The normalized spacial score (nSPS) is 23.3. The molecule has 0 bridgehead atoms. The number of H-pyrrole nitrogens is 1. The number of nitrogens with one attached hydrogen (secondary N) is 2. The number of likely N-dealkylation sites (tertiary alicyclic amines) is 1. The van der Waals surface area contributed by atoms with E-state index in [1.54, 1.807) is 6.07 Å². The number of fused-ring (bicyclic) bond motifs is 1. The molecule has 0 amide bonds. The zero-order valence-corrected chi connectivity index (χ0v) is 13.4. The van der Waals surface area contributed by atoms with Crippen LogP contribution in [0.1, 0.15) is 18.4 Å². The smallest absolute Gasteiger partial charge is 0.201 e. The number of rotatable bonds is 4. The SMILES string of the molecule is NC(=NO)c1cccc2[nH]c(NC3CCCN(C4COC4)C3)nc12. The molecule has 0 saturated carbocycles. The van der Waals surface area contributed by atoms with Crippen LogP contribution in [0.3, 0.4) is 0 Å². The lowest BCUT2D eigenvalue weighted by Gasteiger charge is -2.42. The van der Waals surface area contributed by atoms with Gasteiger partial charge in [0, 0.05) is 18.2 Å². The highest BCUT2D eigenvalue weighted by atomic mass is 16.5. The molecule has 2 saturated heterocycles. The van der Waals surface area contributed by atoms with Crippen molar-refractivity contribution in [3.05, 3.63) is 23.8 Å². The van der Waals surface area contributed by atoms with Gasteiger partial charge in [-0.15, -0.1) is 0 Å². The van der Waals surface area contributed by atoms with E-state index in [4.69, 9.17) is 15.7 Å². The number of amidine groups is 1. The number of anilines is 1. The Kier molecular flexibility index (Phi) is 3.99. The summed E-state index contributed by atoms with van der Waals surface area (Å²) in [5.74, 6) is 0.785. The number of oxime groups is 1. The van der Waals surface area contributed by atoms with Crippen molar-refractivity contribution in [2.75, 3.05) is 31.6 Å². The van der Waals surface area contributed by atoms with E-state index in [0.29, 0.717) is 23.2 Å². The Morgan fingerprint density at radius 1 is 1.46 bits per heavy atom. The van der Waals surface area contributed by atoms with E-state index in [-0.39, 0.29) is 5.84 Å². The number of benzene rings is 1. The summed E-state index contributed by atoms with van der Waals surface area (Å²) >= 11 is 0. The lowest BCUT2D eigenvalue weighted by molar-refractivity contribution is -0.0710. The van der Waals surface area contributed by atoms with Crippen LogP contribution in [0, 0.1) is 0 Å². The van der Waals surface area contributed by atoms with E-state index in [2.05, 4.69) is 25.3 Å². The maximum absolute atomic E-state index is 8.92. The van der Waals surface area contributed by atoms with Gasteiger partial charge in [-0.05, 0) is 31.5 Å². The quantitative estimate of drug-likeness (QED) is 0.287. The van der Waals surface area contributed by atoms with Gasteiger partial charge in [-0.2, -0.15) is 0 Å². The number of para-hydroxylation sites is 1. The Balaban J connectivity index is 1.52. The highest BCUT2D eigenvalue weighted by Gasteiger charge is 2.30. The molecule has 0 aliphatic carbocycles. The molecule has 1 atom stereocenters. The fraction of sp³-hybridized carbons (Fsp3) is 0.500. The highest BCUT2D eigenvalue weighted by molar-refractivity contribution is 6.07. The lowest BCUT2D eigenvalue weighted by atomic mass is 10.0. The van der Waals surface area contributed by atoms with E-state index in [1.165, 1.54) is 6.42 Å². The molecule has 3 heterocycles. The van der Waals surface area contributed by atoms with Gasteiger partial charge in [0.2, 0.25) is 5.95 Å². The standard InChI is InChI=1S/C16H22N6O2/c17-15(21-23)12-4-1-5-13-14(12)20-16(19-13)18-10-3-2-6-22(7-10)11-8-24-9-11/h1,4-5,10-11,23H,2-3,6-9H2,(H2,17,21)(H2,18,19,20). The minimum absolute atomic E-state index is 0.0625. The van der Waals surface area contributed by atoms with Crippen molar-refractivity contribution in [1.29, 1.82) is 0 Å². The van der Waals surface area contributed by atoms with E-state index in [1.807, 2.05) is 12.1 Å². The molecule has 0 spiro atoms. The van der Waals surface area contributed by atoms with Gasteiger partial charge in [0.25, 0.3) is 0 Å². The summed E-state index contributed by atoms with van der Waals surface area (Å²) in [6, 6.07) is 6.50. The van der Waals surface area contributed by atoms with Crippen LogP contribution < -0.4 is 11.1 Å². The van der Waals surface area contributed by atoms with Crippen molar-refractivity contribution < 1.29 is 9.94 Å². The van der Waals surface area contributed by atoms with Gasteiger partial charge in [0.05, 0.1) is 24.8 Å². The number of nitrogens with two attached hydrogens (primary N) is 1. The second kappa shape index (κ2) is 6.29. The molecule has 5 N–H and O–H groups in total. The first-order valence-corrected chi connectivity index (χ1v) is 8.29. The first-order chi connectivity index (χ1) is 11.7. The number of aromatic amines is 1. The molecule has 2 fully saturated rings. The largest absolute Gasteiger partial charge is 0.409 e. The molecule has 24 heavy (non-hydrogen) atoms. The summed E-state index contributed by atoms with van der Waals surface area (Å²) in [7, 11) is 0. The van der Waals surface area contributed by atoms with Crippen LogP contribution in [-0.2, 0) is 4.74 Å². The van der Waals surface area contributed by atoms with Crippen molar-refractivity contribution >= 4 is 22.8 Å². The van der Waals surface area contributed by atoms with Gasteiger partial charge in [-0.25, -0.2) is 4.98 Å². The summed E-state index contributed by atoms with van der Waals surface area (Å²) in [5, 5.41) is 15.5. The number of piperidine rings is 1. The molecule has 4 rings (SSSR count). The fourth-order valence-electron chi connectivity index (χ4n) is 3.44. The molecule has 2 aliphatic heterocycles. The molecule has 2 aromatic rings. The van der Waals surface area contributed by atoms with Crippen LogP contribution in [-0.4, -0.2) is 64.3 Å². The number of ether oxygens (including phenoxy) is 1. The maximum atomic E-state index is 8.92. The summed E-state index contributed by atoms with van der Waals surface area (Å²) in [6.07, 6.45) is 2.29. The molecule has 8 nitrogen and oxygen atoms in total. The Hall–Kier alpha value is -2.32. The maximum Gasteiger partial charge on any atom is 0.201 e. The monoisotopic (exact) mass is 330 g/mol. The van der Waals surface area contributed by atoms with E-state index in [0.717, 1.165) is 44.2 Å². The van der Waals surface area contributed by atoms with Gasteiger partial charge in [0.1, 0.15) is 5.52 Å². The van der Waals surface area contributed by atoms with Crippen LogP contribution in [0.2, 0.25) is 0 Å². The summed E-state index contributed by atoms with van der Waals surface area (Å²) in [6.45, 7) is 3.83. The molecule has 1 unspecified atom stereocenters. The molecular formula is C16H22N6O2. The number of imidazole rings is 1. The third-order valence-electron chi connectivity index (χ3n) is 4.83. The van der Waals surface area contributed by atoms with E-state index >= 15 is 0 Å². The molecule has 2 aliphatic rings. The van der Waals surface area contributed by atoms with Crippen LogP contribution in [0.4, 0.5) is 5.95 Å². The van der Waals surface area contributed by atoms with E-state index < -0.39 is 0 Å². The van der Waals surface area contributed by atoms with Crippen molar-refractivity contribution in [2.24, 2.45) is 10.9 Å². The third-order valence-corrected chi connectivity index (χ3v) is 4.83. The van der Waals surface area contributed by atoms with Crippen molar-refractivity contribution in [3.63, 3.8) is 0 Å². The van der Waals surface area contributed by atoms with Gasteiger partial charge >= 0.3 is 0 Å². The summed E-state index contributed by atoms with van der Waals surface area (Å²) in [4.78, 5) is 10.4. The van der Waals surface area contributed by atoms with Crippen LogP contribution in [0.25, 0.3) is 11.0 Å². The number of nitrogens with zero attached hydrogens (tertiary/aromatic N) is 3. The first-order valence-electron chi connectivity index (χ1n) is 8.29. The Morgan fingerprint density at radius 2 is 2.33 bits per heavy atom. The Labute approximate surface area is 139 Å². The highest BCUT2D eigenvalue weighted by Crippen LogP contribution is 2.22. The van der Waals surface area contributed by atoms with Gasteiger partial charge in [-0.3, -0.25) is 4.90 Å². The minimum Gasteiger partial charge on any atom is -0.409 e. The van der Waals surface area contributed by atoms with Gasteiger partial charge in [0.15, 0.2) is 5.84 Å². The van der Waals surface area contributed by atoms with Crippen LogP contribution in [0.5, 0.6) is 0 Å². The molecular weight excluding hydrogens is 308 g/mol. The van der Waals surface area contributed by atoms with Gasteiger partial charge < -0.3 is 26.0 Å². The minimum atomic E-state index is 0.0625. The molecule has 0 radical (unpaired) electrons. The van der Waals surface area contributed by atoms with Crippen LogP contribution >= 0.6 is 0 Å². The third kappa shape index (κ3) is 2.78. The molecule has 8 heteroatoms. The first kappa shape index (κ1) is 15.2. The lowest BCUT2D eigenvalue weighted by Crippen LogP contribution is -2.54. The Bertz CT molecular complexity index is 754. The average molecular weight is 330 g/mol. The fourth-order valence-corrected chi connectivity index (χ4v) is 3.44. The van der Waals surface area contributed by atoms with E-state index in [9.17, 15) is 0 Å². The second-order valence-electron chi connectivity index (χ2n) is 6.44. The predicted molar refractivity (Wildman–Crippen MR) is 91.4 cm³/mol. The molecule has 1 aromatic carbocycles. The summed E-state index contributed by atoms with van der Waals surface area (Å²) in [5.41, 5.74) is 7.92. The number of aromatic nitrogens is 2. The average Bonchev–Trinajstić information content (AvgIpc) is 2.95. The second-order valence-corrected chi connectivity index (χ2v) is 6.44. The molecule has 128 valence electrons. The predicted octanol–water partition coefficient (Wildman–Crippen LogP) is 0.932. The van der Waals surface area contributed by atoms with Crippen molar-refractivity contribution in [2.45, 2.75) is 24.9 Å². The number of hydrogen-bond donors (Lipinski definition) is 4.